The molecule has 3 aliphatic rings. The third-order valence-electron chi connectivity index (χ3n) is 4.92. The fourth-order valence-electron chi connectivity index (χ4n) is 3.97. The molecule has 1 saturated carbocycles. The van der Waals surface area contributed by atoms with E-state index in [4.69, 9.17) is 10.5 Å². The summed E-state index contributed by atoms with van der Waals surface area (Å²) >= 11 is 0. The molecule has 3 fully saturated rings. The lowest BCUT2D eigenvalue weighted by atomic mass is 9.91. The van der Waals surface area contributed by atoms with Crippen LogP contribution >= 0.6 is 0 Å². The fraction of sp³-hybridized carbons (Fsp3) is 0.929. The van der Waals surface area contributed by atoms with Gasteiger partial charge in [0.1, 0.15) is 6.10 Å². The number of carbonyl (C=O) groups is 1. The average Bonchev–Trinajstić information content (AvgIpc) is 3.05. The minimum Gasteiger partial charge on any atom is -0.364 e. The van der Waals surface area contributed by atoms with Crippen molar-refractivity contribution in [3.63, 3.8) is 0 Å². The Bertz CT molecular complexity index is 321. The van der Waals surface area contributed by atoms with Crippen molar-refractivity contribution in [3.8, 4) is 0 Å². The van der Waals surface area contributed by atoms with Gasteiger partial charge in [0.05, 0.1) is 6.10 Å². The van der Waals surface area contributed by atoms with E-state index >= 15 is 0 Å². The SMILES string of the molecule is NCC1CCC(C(=O)N2CCCC3CCCC32)O1. The van der Waals surface area contributed by atoms with E-state index in [-0.39, 0.29) is 18.1 Å². The maximum atomic E-state index is 12.6. The maximum absolute atomic E-state index is 12.6. The van der Waals surface area contributed by atoms with Crippen LogP contribution in [0.15, 0.2) is 0 Å². The topological polar surface area (TPSA) is 55.6 Å². The van der Waals surface area contributed by atoms with Crippen molar-refractivity contribution in [3.05, 3.63) is 0 Å². The van der Waals surface area contributed by atoms with Gasteiger partial charge in [0.25, 0.3) is 5.91 Å². The number of ether oxygens (including phenoxy) is 1. The molecule has 0 aromatic rings. The summed E-state index contributed by atoms with van der Waals surface area (Å²) in [6.07, 6.45) is 7.96. The Morgan fingerprint density at radius 1 is 1.17 bits per heavy atom. The zero-order valence-electron chi connectivity index (χ0n) is 11.0. The number of rotatable bonds is 2. The van der Waals surface area contributed by atoms with Crippen molar-refractivity contribution in [1.29, 1.82) is 0 Å². The summed E-state index contributed by atoms with van der Waals surface area (Å²) in [5.41, 5.74) is 5.61. The molecular weight excluding hydrogens is 228 g/mol. The molecule has 4 unspecified atom stereocenters. The molecule has 0 spiro atoms. The molecular formula is C14H24N2O2. The summed E-state index contributed by atoms with van der Waals surface area (Å²) in [5.74, 6) is 0.997. The van der Waals surface area contributed by atoms with Gasteiger partial charge in [-0.15, -0.1) is 0 Å². The smallest absolute Gasteiger partial charge is 0.251 e. The molecule has 18 heavy (non-hydrogen) atoms. The molecule has 3 rings (SSSR count). The van der Waals surface area contributed by atoms with Crippen molar-refractivity contribution in [2.45, 2.75) is 63.2 Å². The highest BCUT2D eigenvalue weighted by Crippen LogP contribution is 2.37. The Labute approximate surface area is 109 Å². The number of nitrogens with zero attached hydrogens (tertiary/aromatic N) is 1. The second kappa shape index (κ2) is 5.17. The monoisotopic (exact) mass is 252 g/mol. The number of amides is 1. The van der Waals surface area contributed by atoms with Crippen LogP contribution < -0.4 is 5.73 Å². The highest BCUT2D eigenvalue weighted by Gasteiger charge is 2.41. The molecule has 1 amide bonds. The quantitative estimate of drug-likeness (QED) is 0.805. The number of piperidine rings is 1. The first kappa shape index (κ1) is 12.4. The van der Waals surface area contributed by atoms with E-state index in [2.05, 4.69) is 4.90 Å². The molecule has 0 radical (unpaired) electrons. The zero-order valence-corrected chi connectivity index (χ0v) is 11.0. The van der Waals surface area contributed by atoms with Gasteiger partial charge in [-0.3, -0.25) is 4.79 Å². The van der Waals surface area contributed by atoms with Crippen molar-refractivity contribution >= 4 is 5.91 Å². The summed E-state index contributed by atoms with van der Waals surface area (Å²) in [4.78, 5) is 14.7. The molecule has 2 aliphatic heterocycles. The van der Waals surface area contributed by atoms with Crippen LogP contribution in [0.5, 0.6) is 0 Å². The molecule has 0 bridgehead atoms. The van der Waals surface area contributed by atoms with Crippen molar-refractivity contribution in [2.75, 3.05) is 13.1 Å². The first-order valence-corrected chi connectivity index (χ1v) is 7.45. The Balaban J connectivity index is 1.65. The summed E-state index contributed by atoms with van der Waals surface area (Å²) in [5, 5.41) is 0. The maximum Gasteiger partial charge on any atom is 0.251 e. The lowest BCUT2D eigenvalue weighted by Gasteiger charge is -2.39. The third kappa shape index (κ3) is 2.16. The largest absolute Gasteiger partial charge is 0.364 e. The Hall–Kier alpha value is -0.610. The van der Waals surface area contributed by atoms with Crippen LogP contribution in [0.3, 0.4) is 0 Å². The molecule has 0 aromatic carbocycles. The summed E-state index contributed by atoms with van der Waals surface area (Å²) in [6, 6.07) is 0.506. The predicted octanol–water partition coefficient (Wildman–Crippen LogP) is 1.28. The van der Waals surface area contributed by atoms with Crippen LogP contribution in [0.2, 0.25) is 0 Å². The van der Waals surface area contributed by atoms with Gasteiger partial charge >= 0.3 is 0 Å². The normalized spacial score (nSPS) is 39.9. The van der Waals surface area contributed by atoms with E-state index in [1.165, 1.54) is 32.1 Å². The molecule has 2 saturated heterocycles. The van der Waals surface area contributed by atoms with E-state index in [0.717, 1.165) is 25.3 Å². The van der Waals surface area contributed by atoms with Gasteiger partial charge in [0.2, 0.25) is 0 Å². The molecule has 2 heterocycles. The minimum absolute atomic E-state index is 0.100. The van der Waals surface area contributed by atoms with Gasteiger partial charge in [-0.2, -0.15) is 0 Å². The second-order valence-electron chi connectivity index (χ2n) is 5.99. The van der Waals surface area contributed by atoms with Crippen LogP contribution in [-0.4, -0.2) is 42.1 Å². The lowest BCUT2D eigenvalue weighted by molar-refractivity contribution is -0.147. The predicted molar refractivity (Wildman–Crippen MR) is 69.0 cm³/mol. The second-order valence-corrected chi connectivity index (χ2v) is 5.99. The fourth-order valence-corrected chi connectivity index (χ4v) is 3.97. The number of hydrogen-bond donors (Lipinski definition) is 1. The van der Waals surface area contributed by atoms with Gasteiger partial charge in [0, 0.05) is 19.1 Å². The third-order valence-corrected chi connectivity index (χ3v) is 4.92. The standard InChI is InChI=1S/C14H24N2O2/c15-9-11-6-7-13(18-11)14(17)16-8-2-4-10-3-1-5-12(10)16/h10-13H,1-9,15H2. The van der Waals surface area contributed by atoms with Crippen molar-refractivity contribution in [2.24, 2.45) is 11.7 Å². The van der Waals surface area contributed by atoms with E-state index in [1.54, 1.807) is 0 Å². The molecule has 2 N–H and O–H groups in total. The van der Waals surface area contributed by atoms with E-state index in [1.807, 2.05) is 0 Å². The van der Waals surface area contributed by atoms with Gasteiger partial charge < -0.3 is 15.4 Å². The molecule has 102 valence electrons. The minimum atomic E-state index is -0.210. The van der Waals surface area contributed by atoms with Gasteiger partial charge in [0.15, 0.2) is 0 Å². The number of hydrogen-bond acceptors (Lipinski definition) is 3. The lowest BCUT2D eigenvalue weighted by Crippen LogP contribution is -2.50. The summed E-state index contributed by atoms with van der Waals surface area (Å²) in [6.45, 7) is 1.48. The van der Waals surface area contributed by atoms with Crippen LogP contribution in [-0.2, 0) is 9.53 Å². The van der Waals surface area contributed by atoms with Gasteiger partial charge in [-0.1, -0.05) is 6.42 Å². The molecule has 0 aromatic heterocycles. The van der Waals surface area contributed by atoms with E-state index < -0.39 is 0 Å². The molecule has 4 atom stereocenters. The van der Waals surface area contributed by atoms with Crippen LogP contribution in [0, 0.1) is 5.92 Å². The van der Waals surface area contributed by atoms with Crippen LogP contribution in [0.25, 0.3) is 0 Å². The molecule has 4 heteroatoms. The first-order valence-electron chi connectivity index (χ1n) is 7.45. The van der Waals surface area contributed by atoms with Crippen LogP contribution in [0.1, 0.15) is 44.9 Å². The highest BCUT2D eigenvalue weighted by atomic mass is 16.5. The van der Waals surface area contributed by atoms with E-state index in [9.17, 15) is 4.79 Å². The van der Waals surface area contributed by atoms with Gasteiger partial charge in [-0.25, -0.2) is 0 Å². The van der Waals surface area contributed by atoms with Gasteiger partial charge in [-0.05, 0) is 44.4 Å². The summed E-state index contributed by atoms with van der Waals surface area (Å²) in [7, 11) is 0. The first-order chi connectivity index (χ1) is 8.79. The molecule has 1 aliphatic carbocycles. The van der Waals surface area contributed by atoms with Crippen molar-refractivity contribution in [1.82, 2.24) is 4.90 Å². The van der Waals surface area contributed by atoms with E-state index in [0.29, 0.717) is 12.6 Å². The number of carbonyl (C=O) groups excluding carboxylic acids is 1. The van der Waals surface area contributed by atoms with Crippen LogP contribution in [0.4, 0.5) is 0 Å². The van der Waals surface area contributed by atoms with Crippen molar-refractivity contribution < 1.29 is 9.53 Å². The Morgan fingerprint density at radius 2 is 2.00 bits per heavy atom. The average molecular weight is 252 g/mol. The molecule has 4 nitrogen and oxygen atoms in total. The Morgan fingerprint density at radius 3 is 2.78 bits per heavy atom. The Kier molecular flexibility index (Phi) is 3.57. The highest BCUT2D eigenvalue weighted by molar-refractivity contribution is 5.81. The summed E-state index contributed by atoms with van der Waals surface area (Å²) < 4.78 is 5.76. The zero-order chi connectivity index (χ0) is 12.5. The number of fused-ring (bicyclic) bond motifs is 1. The number of nitrogens with two attached hydrogens (primary N) is 1. The number of likely N-dealkylation sites (tertiary alicyclic amines) is 1.